The highest BCUT2D eigenvalue weighted by atomic mass is 16.5. The predicted molar refractivity (Wildman–Crippen MR) is 56.0 cm³/mol. The van der Waals surface area contributed by atoms with Gasteiger partial charge in [-0.25, -0.2) is 0 Å². The van der Waals surface area contributed by atoms with Crippen LogP contribution in [0.2, 0.25) is 0 Å². The smallest absolute Gasteiger partial charge is 0.308 e. The summed E-state index contributed by atoms with van der Waals surface area (Å²) in [4.78, 5) is 11.3. The van der Waals surface area contributed by atoms with E-state index in [2.05, 4.69) is 0 Å². The molecular weight excluding hydrogens is 176 g/mol. The molecule has 2 heteroatoms. The van der Waals surface area contributed by atoms with Crippen molar-refractivity contribution in [2.24, 2.45) is 5.92 Å². The van der Waals surface area contributed by atoms with Crippen molar-refractivity contribution >= 4 is 5.97 Å². The van der Waals surface area contributed by atoms with Crippen molar-refractivity contribution in [1.82, 2.24) is 0 Å². The zero-order valence-corrected chi connectivity index (χ0v) is 8.86. The summed E-state index contributed by atoms with van der Waals surface area (Å²) in [5, 5.41) is 0. The molecule has 0 aliphatic carbocycles. The molecule has 0 saturated heterocycles. The number of esters is 1. The van der Waals surface area contributed by atoms with Gasteiger partial charge in [-0.15, -0.1) is 0 Å². The van der Waals surface area contributed by atoms with Crippen molar-refractivity contribution in [3.63, 3.8) is 0 Å². The summed E-state index contributed by atoms with van der Waals surface area (Å²) in [6.07, 6.45) is 0. The van der Waals surface area contributed by atoms with Gasteiger partial charge in [-0.2, -0.15) is 0 Å². The van der Waals surface area contributed by atoms with Gasteiger partial charge < -0.3 is 4.74 Å². The second-order valence-corrected chi connectivity index (χ2v) is 3.51. The maximum Gasteiger partial charge on any atom is 0.308 e. The largest absolute Gasteiger partial charge is 0.469 e. The van der Waals surface area contributed by atoms with E-state index in [0.717, 1.165) is 0 Å². The molecule has 14 heavy (non-hydrogen) atoms. The van der Waals surface area contributed by atoms with Gasteiger partial charge >= 0.3 is 5.97 Å². The zero-order valence-electron chi connectivity index (χ0n) is 8.86. The third-order valence-corrected chi connectivity index (χ3v) is 2.65. The lowest BCUT2D eigenvalue weighted by atomic mass is 9.89. The fraction of sp³-hybridized carbons (Fsp3) is 0.417. The Hall–Kier alpha value is -1.31. The molecule has 0 saturated carbocycles. The van der Waals surface area contributed by atoms with Gasteiger partial charge in [0.2, 0.25) is 0 Å². The van der Waals surface area contributed by atoms with Gasteiger partial charge in [-0.05, 0) is 11.5 Å². The van der Waals surface area contributed by atoms with Crippen molar-refractivity contribution in [3.8, 4) is 0 Å². The van der Waals surface area contributed by atoms with Crippen LogP contribution in [0.25, 0.3) is 0 Å². The van der Waals surface area contributed by atoms with E-state index in [-0.39, 0.29) is 17.8 Å². The Bertz CT molecular complexity index is 292. The van der Waals surface area contributed by atoms with E-state index in [1.54, 1.807) is 0 Å². The van der Waals surface area contributed by atoms with Crippen LogP contribution in [0.15, 0.2) is 30.3 Å². The third kappa shape index (κ3) is 2.34. The first-order valence-corrected chi connectivity index (χ1v) is 4.79. The summed E-state index contributed by atoms with van der Waals surface area (Å²) >= 11 is 0. The van der Waals surface area contributed by atoms with Crippen LogP contribution in [0, 0.1) is 5.92 Å². The molecule has 0 spiro atoms. The van der Waals surface area contributed by atoms with Crippen LogP contribution in [-0.2, 0) is 9.53 Å². The Morgan fingerprint density at radius 3 is 2.29 bits per heavy atom. The monoisotopic (exact) mass is 192 g/mol. The lowest BCUT2D eigenvalue weighted by molar-refractivity contribution is -0.145. The van der Waals surface area contributed by atoms with E-state index in [9.17, 15) is 4.79 Å². The second-order valence-electron chi connectivity index (χ2n) is 3.51. The summed E-state index contributed by atoms with van der Waals surface area (Å²) in [6.45, 7) is 3.93. The van der Waals surface area contributed by atoms with Crippen LogP contribution in [0.1, 0.15) is 25.3 Å². The SMILES string of the molecule is COC(=O)[C@@H](C)[C@H](C)c1ccccc1. The van der Waals surface area contributed by atoms with E-state index >= 15 is 0 Å². The molecule has 1 aromatic rings. The molecule has 1 rings (SSSR count). The highest BCUT2D eigenvalue weighted by Crippen LogP contribution is 2.24. The molecule has 2 atom stereocenters. The van der Waals surface area contributed by atoms with Gasteiger partial charge in [0.15, 0.2) is 0 Å². The summed E-state index contributed by atoms with van der Waals surface area (Å²) in [5.41, 5.74) is 1.17. The molecule has 0 aliphatic rings. The van der Waals surface area contributed by atoms with Crippen LogP contribution < -0.4 is 0 Å². The Labute approximate surface area is 84.9 Å². The van der Waals surface area contributed by atoms with E-state index < -0.39 is 0 Å². The standard InChI is InChI=1S/C12H16O2/c1-9(10(2)12(13)14-3)11-7-5-4-6-8-11/h4-10H,1-3H3/t9-,10-/m0/s1. The Kier molecular flexibility index (Phi) is 3.69. The molecule has 2 nitrogen and oxygen atoms in total. The van der Waals surface area contributed by atoms with Crippen molar-refractivity contribution in [2.45, 2.75) is 19.8 Å². The molecule has 0 amide bonds. The zero-order chi connectivity index (χ0) is 10.6. The van der Waals surface area contributed by atoms with Gasteiger partial charge in [-0.3, -0.25) is 4.79 Å². The van der Waals surface area contributed by atoms with Gasteiger partial charge in [0, 0.05) is 0 Å². The summed E-state index contributed by atoms with van der Waals surface area (Å²) in [6, 6.07) is 10.00. The Morgan fingerprint density at radius 2 is 1.79 bits per heavy atom. The maximum atomic E-state index is 11.3. The minimum Gasteiger partial charge on any atom is -0.469 e. The summed E-state index contributed by atoms with van der Waals surface area (Å²) in [7, 11) is 1.43. The number of carbonyl (C=O) groups excluding carboxylic acids is 1. The van der Waals surface area contributed by atoms with E-state index in [4.69, 9.17) is 4.74 Å². The molecular formula is C12H16O2. The number of hydrogen-bond acceptors (Lipinski definition) is 2. The number of benzene rings is 1. The van der Waals surface area contributed by atoms with E-state index in [1.165, 1.54) is 12.7 Å². The average molecular weight is 192 g/mol. The molecule has 0 heterocycles. The predicted octanol–water partition coefficient (Wildman–Crippen LogP) is 2.60. The number of hydrogen-bond donors (Lipinski definition) is 0. The van der Waals surface area contributed by atoms with Crippen LogP contribution >= 0.6 is 0 Å². The first-order valence-electron chi connectivity index (χ1n) is 4.79. The van der Waals surface area contributed by atoms with Crippen molar-refractivity contribution in [1.29, 1.82) is 0 Å². The molecule has 0 aliphatic heterocycles. The quantitative estimate of drug-likeness (QED) is 0.688. The fourth-order valence-electron chi connectivity index (χ4n) is 1.44. The van der Waals surface area contributed by atoms with Crippen LogP contribution in [0.4, 0.5) is 0 Å². The normalized spacial score (nSPS) is 14.5. The number of ether oxygens (including phenoxy) is 1. The number of rotatable bonds is 3. The lowest BCUT2D eigenvalue weighted by Crippen LogP contribution is -2.18. The van der Waals surface area contributed by atoms with Crippen molar-refractivity contribution in [2.75, 3.05) is 7.11 Å². The lowest BCUT2D eigenvalue weighted by Gasteiger charge is -2.17. The molecule has 0 radical (unpaired) electrons. The Morgan fingerprint density at radius 1 is 1.21 bits per heavy atom. The summed E-state index contributed by atoms with van der Waals surface area (Å²) < 4.78 is 4.72. The first kappa shape index (κ1) is 10.8. The van der Waals surface area contributed by atoms with E-state index in [1.807, 2.05) is 44.2 Å². The Balaban J connectivity index is 2.75. The van der Waals surface area contributed by atoms with Gasteiger partial charge in [-0.1, -0.05) is 44.2 Å². The molecule has 0 unspecified atom stereocenters. The van der Waals surface area contributed by atoms with Crippen molar-refractivity contribution in [3.05, 3.63) is 35.9 Å². The van der Waals surface area contributed by atoms with E-state index in [0.29, 0.717) is 0 Å². The van der Waals surface area contributed by atoms with Gasteiger partial charge in [0.25, 0.3) is 0 Å². The molecule has 0 aromatic heterocycles. The first-order chi connectivity index (χ1) is 6.66. The minimum atomic E-state index is -0.152. The minimum absolute atomic E-state index is 0.0950. The topological polar surface area (TPSA) is 26.3 Å². The third-order valence-electron chi connectivity index (χ3n) is 2.65. The number of methoxy groups -OCH3 is 1. The maximum absolute atomic E-state index is 11.3. The second kappa shape index (κ2) is 4.80. The molecule has 0 bridgehead atoms. The fourth-order valence-corrected chi connectivity index (χ4v) is 1.44. The van der Waals surface area contributed by atoms with Crippen molar-refractivity contribution < 1.29 is 9.53 Å². The molecule has 0 N–H and O–H groups in total. The molecule has 1 aromatic carbocycles. The van der Waals surface area contributed by atoms with Crippen LogP contribution in [-0.4, -0.2) is 13.1 Å². The van der Waals surface area contributed by atoms with Gasteiger partial charge in [0.1, 0.15) is 0 Å². The molecule has 76 valence electrons. The average Bonchev–Trinajstić information content (AvgIpc) is 2.27. The highest BCUT2D eigenvalue weighted by Gasteiger charge is 2.21. The van der Waals surface area contributed by atoms with Gasteiger partial charge in [0.05, 0.1) is 13.0 Å². The molecule has 0 fully saturated rings. The van der Waals surface area contributed by atoms with Crippen LogP contribution in [0.5, 0.6) is 0 Å². The summed E-state index contributed by atoms with van der Waals surface area (Å²) in [5.74, 6) is -0.0487. The highest BCUT2D eigenvalue weighted by molar-refractivity contribution is 5.73. The van der Waals surface area contributed by atoms with Crippen LogP contribution in [0.3, 0.4) is 0 Å². The number of carbonyl (C=O) groups is 1.